The number of nitrogens with one attached hydrogen (secondary N) is 1. The number of fused-ring (bicyclic) bond motifs is 1. The summed E-state index contributed by atoms with van der Waals surface area (Å²) in [5.41, 5.74) is 3.37. The second kappa shape index (κ2) is 6.27. The van der Waals surface area contributed by atoms with Crippen LogP contribution in [0.25, 0.3) is 10.9 Å². The van der Waals surface area contributed by atoms with Crippen LogP contribution in [0.1, 0.15) is 18.5 Å². The van der Waals surface area contributed by atoms with Crippen LogP contribution >= 0.6 is 0 Å². The molecule has 110 valence electrons. The first-order valence-corrected chi connectivity index (χ1v) is 7.72. The lowest BCUT2D eigenvalue weighted by Gasteiger charge is -2.32. The smallest absolute Gasteiger partial charge is 0.0725 e. The SMILES string of the molecule is C=CCN1CCC(Nc2cc(C)nc3ccccc23)CC1. The number of nitrogens with zero attached hydrogens (tertiary/aromatic N) is 2. The van der Waals surface area contributed by atoms with Gasteiger partial charge < -0.3 is 5.32 Å². The summed E-state index contributed by atoms with van der Waals surface area (Å²) in [6.45, 7) is 9.17. The van der Waals surface area contributed by atoms with Crippen molar-refractivity contribution in [2.45, 2.75) is 25.8 Å². The van der Waals surface area contributed by atoms with Gasteiger partial charge in [0.1, 0.15) is 0 Å². The Morgan fingerprint density at radius 3 is 2.86 bits per heavy atom. The van der Waals surface area contributed by atoms with E-state index < -0.39 is 0 Å². The van der Waals surface area contributed by atoms with Crippen LogP contribution in [-0.2, 0) is 0 Å². The summed E-state index contributed by atoms with van der Waals surface area (Å²) in [5, 5.41) is 4.95. The second-order valence-electron chi connectivity index (χ2n) is 5.84. The molecule has 1 fully saturated rings. The van der Waals surface area contributed by atoms with Gasteiger partial charge in [0.2, 0.25) is 0 Å². The number of rotatable bonds is 4. The first kappa shape index (κ1) is 14.1. The van der Waals surface area contributed by atoms with Gasteiger partial charge in [-0.05, 0) is 31.9 Å². The van der Waals surface area contributed by atoms with Crippen molar-refractivity contribution in [1.29, 1.82) is 0 Å². The van der Waals surface area contributed by atoms with E-state index in [4.69, 9.17) is 0 Å². The molecule has 0 bridgehead atoms. The number of benzene rings is 1. The van der Waals surface area contributed by atoms with Crippen molar-refractivity contribution in [1.82, 2.24) is 9.88 Å². The van der Waals surface area contributed by atoms with E-state index in [-0.39, 0.29) is 0 Å². The zero-order chi connectivity index (χ0) is 14.7. The van der Waals surface area contributed by atoms with E-state index >= 15 is 0 Å². The summed E-state index contributed by atoms with van der Waals surface area (Å²) in [4.78, 5) is 7.07. The van der Waals surface area contributed by atoms with Gasteiger partial charge in [-0.1, -0.05) is 24.3 Å². The van der Waals surface area contributed by atoms with Gasteiger partial charge in [0.15, 0.2) is 0 Å². The predicted octanol–water partition coefficient (Wildman–Crippen LogP) is 3.61. The fourth-order valence-electron chi connectivity index (χ4n) is 3.09. The Morgan fingerprint density at radius 1 is 1.33 bits per heavy atom. The Labute approximate surface area is 126 Å². The zero-order valence-corrected chi connectivity index (χ0v) is 12.7. The molecule has 1 aliphatic heterocycles. The summed E-state index contributed by atoms with van der Waals surface area (Å²) in [6, 6.07) is 11.1. The van der Waals surface area contributed by atoms with E-state index in [0.717, 1.165) is 30.8 Å². The molecule has 0 atom stereocenters. The third-order valence-electron chi connectivity index (χ3n) is 4.18. The fraction of sp³-hybridized carbons (Fsp3) is 0.389. The Bertz CT molecular complexity index is 627. The Kier molecular flexibility index (Phi) is 4.20. The molecule has 0 saturated carbocycles. The van der Waals surface area contributed by atoms with Gasteiger partial charge >= 0.3 is 0 Å². The molecule has 2 heterocycles. The van der Waals surface area contributed by atoms with Gasteiger partial charge in [-0.3, -0.25) is 9.88 Å². The molecule has 1 saturated heterocycles. The fourth-order valence-corrected chi connectivity index (χ4v) is 3.09. The van der Waals surface area contributed by atoms with Crippen LogP contribution in [-0.4, -0.2) is 35.6 Å². The van der Waals surface area contributed by atoms with Crippen molar-refractivity contribution in [2.24, 2.45) is 0 Å². The second-order valence-corrected chi connectivity index (χ2v) is 5.84. The van der Waals surface area contributed by atoms with E-state index in [1.807, 2.05) is 12.1 Å². The van der Waals surface area contributed by atoms with Crippen molar-refractivity contribution >= 4 is 16.6 Å². The van der Waals surface area contributed by atoms with E-state index in [9.17, 15) is 0 Å². The van der Waals surface area contributed by atoms with E-state index in [0.29, 0.717) is 6.04 Å². The Morgan fingerprint density at radius 2 is 2.10 bits per heavy atom. The quantitative estimate of drug-likeness (QED) is 0.868. The Balaban J connectivity index is 1.75. The minimum atomic E-state index is 0.552. The summed E-state index contributed by atoms with van der Waals surface area (Å²) < 4.78 is 0. The standard InChI is InChI=1S/C18H23N3/c1-3-10-21-11-8-15(9-12-21)20-18-13-14(2)19-17-7-5-4-6-16(17)18/h3-7,13,15H,1,8-12H2,2H3,(H,19,20). The molecule has 1 aromatic carbocycles. The third kappa shape index (κ3) is 3.24. The first-order chi connectivity index (χ1) is 10.3. The maximum absolute atomic E-state index is 4.61. The molecule has 3 rings (SSSR count). The molecule has 1 aliphatic rings. The number of hydrogen-bond acceptors (Lipinski definition) is 3. The van der Waals surface area contributed by atoms with Crippen LogP contribution in [0, 0.1) is 6.92 Å². The highest BCUT2D eigenvalue weighted by atomic mass is 15.1. The summed E-state index contributed by atoms with van der Waals surface area (Å²) >= 11 is 0. The number of pyridine rings is 1. The highest BCUT2D eigenvalue weighted by Crippen LogP contribution is 2.25. The molecular weight excluding hydrogens is 258 g/mol. The average molecular weight is 281 g/mol. The molecule has 1 aromatic heterocycles. The molecule has 0 amide bonds. The summed E-state index contributed by atoms with van der Waals surface area (Å²) in [5.74, 6) is 0. The predicted molar refractivity (Wildman–Crippen MR) is 89.8 cm³/mol. The van der Waals surface area contributed by atoms with Crippen LogP contribution in [0.3, 0.4) is 0 Å². The number of likely N-dealkylation sites (tertiary alicyclic amines) is 1. The normalized spacial score (nSPS) is 17.0. The zero-order valence-electron chi connectivity index (χ0n) is 12.7. The molecule has 1 N–H and O–H groups in total. The van der Waals surface area contributed by atoms with E-state index in [2.05, 4.69) is 53.0 Å². The molecular formula is C18H23N3. The first-order valence-electron chi connectivity index (χ1n) is 7.72. The minimum absolute atomic E-state index is 0.552. The van der Waals surface area contributed by atoms with Gasteiger partial charge in [0, 0.05) is 42.4 Å². The van der Waals surface area contributed by atoms with Crippen LogP contribution in [0.4, 0.5) is 5.69 Å². The number of hydrogen-bond donors (Lipinski definition) is 1. The minimum Gasteiger partial charge on any atom is -0.382 e. The van der Waals surface area contributed by atoms with Crippen molar-refractivity contribution < 1.29 is 0 Å². The maximum Gasteiger partial charge on any atom is 0.0725 e. The lowest BCUT2D eigenvalue weighted by atomic mass is 10.0. The summed E-state index contributed by atoms with van der Waals surface area (Å²) in [6.07, 6.45) is 4.36. The maximum atomic E-state index is 4.61. The number of para-hydroxylation sites is 1. The van der Waals surface area contributed by atoms with Crippen molar-refractivity contribution in [3.05, 3.63) is 48.7 Å². The number of anilines is 1. The third-order valence-corrected chi connectivity index (χ3v) is 4.18. The van der Waals surface area contributed by atoms with Crippen LogP contribution in [0.15, 0.2) is 43.0 Å². The molecule has 0 unspecified atom stereocenters. The van der Waals surface area contributed by atoms with Crippen molar-refractivity contribution in [2.75, 3.05) is 25.0 Å². The van der Waals surface area contributed by atoms with Gasteiger partial charge in [0.05, 0.1) is 5.52 Å². The highest BCUT2D eigenvalue weighted by Gasteiger charge is 2.18. The summed E-state index contributed by atoms with van der Waals surface area (Å²) in [7, 11) is 0. The van der Waals surface area contributed by atoms with Gasteiger partial charge in [0.25, 0.3) is 0 Å². The molecule has 0 spiro atoms. The molecule has 3 heteroatoms. The Hall–Kier alpha value is -1.87. The largest absolute Gasteiger partial charge is 0.382 e. The van der Waals surface area contributed by atoms with Gasteiger partial charge in [-0.2, -0.15) is 0 Å². The topological polar surface area (TPSA) is 28.2 Å². The average Bonchev–Trinajstić information content (AvgIpc) is 2.49. The van der Waals surface area contributed by atoms with Crippen molar-refractivity contribution in [3.63, 3.8) is 0 Å². The van der Waals surface area contributed by atoms with E-state index in [1.54, 1.807) is 0 Å². The van der Waals surface area contributed by atoms with Gasteiger partial charge in [-0.25, -0.2) is 0 Å². The molecule has 0 aliphatic carbocycles. The monoisotopic (exact) mass is 281 g/mol. The number of aromatic nitrogens is 1. The van der Waals surface area contributed by atoms with Crippen LogP contribution in [0.2, 0.25) is 0 Å². The van der Waals surface area contributed by atoms with Crippen molar-refractivity contribution in [3.8, 4) is 0 Å². The van der Waals surface area contributed by atoms with Crippen LogP contribution in [0.5, 0.6) is 0 Å². The lowest BCUT2D eigenvalue weighted by Crippen LogP contribution is -2.39. The molecule has 0 radical (unpaired) electrons. The molecule has 3 nitrogen and oxygen atoms in total. The van der Waals surface area contributed by atoms with Crippen LogP contribution < -0.4 is 5.32 Å². The van der Waals surface area contributed by atoms with Gasteiger partial charge in [-0.15, -0.1) is 6.58 Å². The number of piperidine rings is 1. The molecule has 21 heavy (non-hydrogen) atoms. The number of aryl methyl sites for hydroxylation is 1. The lowest BCUT2D eigenvalue weighted by molar-refractivity contribution is 0.240. The van der Waals surface area contributed by atoms with E-state index in [1.165, 1.54) is 23.9 Å². The highest BCUT2D eigenvalue weighted by molar-refractivity contribution is 5.91. The molecule has 2 aromatic rings.